The van der Waals surface area contributed by atoms with Gasteiger partial charge in [-0.3, -0.25) is 4.79 Å². The molecule has 1 unspecified atom stereocenters. The van der Waals surface area contributed by atoms with Gasteiger partial charge in [-0.25, -0.2) is 0 Å². The summed E-state index contributed by atoms with van der Waals surface area (Å²) in [4.78, 5) is 11.2. The molecule has 1 heterocycles. The van der Waals surface area contributed by atoms with Crippen LogP contribution in [0.2, 0.25) is 0 Å². The van der Waals surface area contributed by atoms with Gasteiger partial charge in [-0.2, -0.15) is 0 Å². The Bertz CT molecular complexity index is 643. The molecule has 0 saturated carbocycles. The molecule has 4 heteroatoms. The molecule has 0 bridgehead atoms. The van der Waals surface area contributed by atoms with Crippen LogP contribution in [0.15, 0.2) is 54.6 Å². The molecule has 1 aliphatic heterocycles. The highest BCUT2D eigenvalue weighted by Gasteiger charge is 2.39. The fourth-order valence-electron chi connectivity index (χ4n) is 3.01. The van der Waals surface area contributed by atoms with E-state index in [2.05, 4.69) is 0 Å². The van der Waals surface area contributed by atoms with E-state index in [0.29, 0.717) is 13.2 Å². The van der Waals surface area contributed by atoms with E-state index in [1.54, 1.807) is 0 Å². The normalized spacial score (nSPS) is 20.3. The molecule has 3 rings (SSSR count). The number of hydrogen-bond acceptors (Lipinski definition) is 3. The molecule has 1 atom stereocenters. The predicted molar refractivity (Wildman–Crippen MR) is 86.3 cm³/mol. The van der Waals surface area contributed by atoms with Crippen LogP contribution < -0.4 is 4.74 Å². The van der Waals surface area contributed by atoms with Crippen molar-refractivity contribution in [2.45, 2.75) is 31.5 Å². The summed E-state index contributed by atoms with van der Waals surface area (Å²) in [6.45, 7) is 1.12. The molecule has 0 aromatic heterocycles. The molecule has 0 amide bonds. The van der Waals surface area contributed by atoms with E-state index in [-0.39, 0.29) is 6.42 Å². The van der Waals surface area contributed by atoms with Gasteiger partial charge < -0.3 is 14.6 Å². The van der Waals surface area contributed by atoms with E-state index in [0.717, 1.165) is 29.7 Å². The van der Waals surface area contributed by atoms with Crippen molar-refractivity contribution in [2.75, 3.05) is 6.61 Å². The van der Waals surface area contributed by atoms with Crippen LogP contribution in [0.4, 0.5) is 0 Å². The van der Waals surface area contributed by atoms with E-state index in [4.69, 9.17) is 14.6 Å². The zero-order valence-corrected chi connectivity index (χ0v) is 12.9. The zero-order chi connectivity index (χ0) is 16.1. The number of aliphatic carboxylic acids is 1. The summed E-state index contributed by atoms with van der Waals surface area (Å²) in [7, 11) is 0. The number of rotatable bonds is 6. The number of hydrogen-bond donors (Lipinski definition) is 1. The number of benzene rings is 2. The monoisotopic (exact) mass is 312 g/mol. The molecule has 23 heavy (non-hydrogen) atoms. The van der Waals surface area contributed by atoms with Crippen molar-refractivity contribution >= 4 is 5.97 Å². The van der Waals surface area contributed by atoms with Crippen molar-refractivity contribution < 1.29 is 19.4 Å². The molecule has 2 aromatic carbocycles. The molecule has 0 spiro atoms. The van der Waals surface area contributed by atoms with E-state index in [9.17, 15) is 4.79 Å². The maximum atomic E-state index is 11.2. The van der Waals surface area contributed by atoms with E-state index in [1.807, 2.05) is 54.6 Å². The van der Waals surface area contributed by atoms with Crippen molar-refractivity contribution in [1.82, 2.24) is 0 Å². The lowest BCUT2D eigenvalue weighted by atomic mass is 9.87. The summed E-state index contributed by atoms with van der Waals surface area (Å²) in [6, 6.07) is 17.5. The standard InChI is InChI=1S/C19H20O4/c20-18(21)13-19(11-4-12-23-19)16-7-9-17(10-8-16)22-14-15-5-2-1-3-6-15/h1-3,5-10H,4,11-14H2,(H,20,21). The maximum Gasteiger partial charge on any atom is 0.306 e. The average molecular weight is 312 g/mol. The van der Waals surface area contributed by atoms with E-state index in [1.165, 1.54) is 0 Å². The average Bonchev–Trinajstić information content (AvgIpc) is 3.03. The Morgan fingerprint density at radius 2 is 1.87 bits per heavy atom. The van der Waals surface area contributed by atoms with E-state index >= 15 is 0 Å². The van der Waals surface area contributed by atoms with Gasteiger partial charge in [0.05, 0.1) is 6.42 Å². The molecule has 1 aliphatic rings. The van der Waals surface area contributed by atoms with Gasteiger partial charge in [0.1, 0.15) is 18.0 Å². The van der Waals surface area contributed by atoms with Gasteiger partial charge in [0.2, 0.25) is 0 Å². The van der Waals surface area contributed by atoms with Crippen molar-refractivity contribution in [3.05, 3.63) is 65.7 Å². The third kappa shape index (κ3) is 3.71. The highest BCUT2D eigenvalue weighted by molar-refractivity contribution is 5.68. The second-order valence-electron chi connectivity index (χ2n) is 5.82. The Hall–Kier alpha value is -2.33. The van der Waals surface area contributed by atoms with Crippen molar-refractivity contribution in [3.8, 4) is 5.75 Å². The number of carboxylic acid groups (broad SMARTS) is 1. The highest BCUT2D eigenvalue weighted by Crippen LogP contribution is 2.39. The van der Waals surface area contributed by atoms with Gasteiger partial charge >= 0.3 is 5.97 Å². The van der Waals surface area contributed by atoms with Gasteiger partial charge in [0, 0.05) is 6.61 Å². The van der Waals surface area contributed by atoms with Crippen LogP contribution in [-0.4, -0.2) is 17.7 Å². The smallest absolute Gasteiger partial charge is 0.306 e. The van der Waals surface area contributed by atoms with Crippen LogP contribution in [0, 0.1) is 0 Å². The summed E-state index contributed by atoms with van der Waals surface area (Å²) < 4.78 is 11.6. The van der Waals surface area contributed by atoms with Gasteiger partial charge in [-0.1, -0.05) is 42.5 Å². The van der Waals surface area contributed by atoms with Crippen LogP contribution in [0.3, 0.4) is 0 Å². The van der Waals surface area contributed by atoms with Crippen LogP contribution >= 0.6 is 0 Å². The molecule has 1 N–H and O–H groups in total. The minimum atomic E-state index is -0.837. The lowest BCUT2D eigenvalue weighted by molar-refractivity contribution is -0.143. The third-order valence-electron chi connectivity index (χ3n) is 4.17. The Balaban J connectivity index is 1.69. The summed E-state index contributed by atoms with van der Waals surface area (Å²) in [6.07, 6.45) is 1.63. The maximum absolute atomic E-state index is 11.2. The molecule has 1 saturated heterocycles. The first-order valence-electron chi connectivity index (χ1n) is 7.81. The van der Waals surface area contributed by atoms with Crippen molar-refractivity contribution in [1.29, 1.82) is 0 Å². The molecule has 1 fully saturated rings. The lowest BCUT2D eigenvalue weighted by Crippen LogP contribution is -2.28. The van der Waals surface area contributed by atoms with Gasteiger partial charge in [-0.05, 0) is 36.1 Å². The first-order chi connectivity index (χ1) is 11.2. The largest absolute Gasteiger partial charge is 0.489 e. The Morgan fingerprint density at radius 1 is 1.13 bits per heavy atom. The molecular weight excluding hydrogens is 292 g/mol. The zero-order valence-electron chi connectivity index (χ0n) is 12.9. The molecule has 4 nitrogen and oxygen atoms in total. The summed E-state index contributed by atoms with van der Waals surface area (Å²) in [5.74, 6) is -0.0719. The predicted octanol–water partition coefficient (Wildman–Crippen LogP) is 3.75. The summed E-state index contributed by atoms with van der Waals surface area (Å²) in [5, 5.41) is 9.16. The van der Waals surface area contributed by atoms with Crippen LogP contribution in [0.5, 0.6) is 5.75 Å². The molecule has 0 radical (unpaired) electrons. The topological polar surface area (TPSA) is 55.8 Å². The van der Waals surface area contributed by atoms with Crippen LogP contribution in [-0.2, 0) is 21.7 Å². The number of carbonyl (C=O) groups is 1. The minimum Gasteiger partial charge on any atom is -0.489 e. The second-order valence-corrected chi connectivity index (χ2v) is 5.82. The van der Waals surface area contributed by atoms with Gasteiger partial charge in [0.25, 0.3) is 0 Å². The van der Waals surface area contributed by atoms with Crippen LogP contribution in [0.25, 0.3) is 0 Å². The summed E-state index contributed by atoms with van der Waals surface area (Å²) in [5.41, 5.74) is 1.33. The summed E-state index contributed by atoms with van der Waals surface area (Å²) >= 11 is 0. The fourth-order valence-corrected chi connectivity index (χ4v) is 3.01. The molecular formula is C19H20O4. The number of carboxylic acids is 1. The molecule has 120 valence electrons. The first-order valence-corrected chi connectivity index (χ1v) is 7.81. The molecule has 2 aromatic rings. The minimum absolute atomic E-state index is 0.00276. The van der Waals surface area contributed by atoms with E-state index < -0.39 is 11.6 Å². The second kappa shape index (κ2) is 6.84. The molecule has 0 aliphatic carbocycles. The highest BCUT2D eigenvalue weighted by atomic mass is 16.5. The Morgan fingerprint density at radius 3 is 2.48 bits per heavy atom. The Kier molecular flexibility index (Phi) is 4.63. The van der Waals surface area contributed by atoms with Crippen LogP contribution in [0.1, 0.15) is 30.4 Å². The number of ether oxygens (including phenoxy) is 2. The van der Waals surface area contributed by atoms with Crippen molar-refractivity contribution in [3.63, 3.8) is 0 Å². The fraction of sp³-hybridized carbons (Fsp3) is 0.316. The van der Waals surface area contributed by atoms with Crippen molar-refractivity contribution in [2.24, 2.45) is 0 Å². The Labute approximate surface area is 135 Å². The van der Waals surface area contributed by atoms with Gasteiger partial charge in [0.15, 0.2) is 0 Å². The SMILES string of the molecule is O=C(O)CC1(c2ccc(OCc3ccccc3)cc2)CCCO1. The first kappa shape index (κ1) is 15.6. The van der Waals surface area contributed by atoms with Gasteiger partial charge in [-0.15, -0.1) is 0 Å². The lowest BCUT2D eigenvalue weighted by Gasteiger charge is -2.27. The third-order valence-corrected chi connectivity index (χ3v) is 4.17. The quantitative estimate of drug-likeness (QED) is 0.882.